The van der Waals surface area contributed by atoms with Crippen molar-refractivity contribution < 1.29 is 9.53 Å². The summed E-state index contributed by atoms with van der Waals surface area (Å²) in [6.07, 6.45) is -0.599. The molecule has 3 N–H and O–H groups in total. The largest absolute Gasteiger partial charge is 0.481 e. The highest BCUT2D eigenvalue weighted by atomic mass is 79.9. The molecule has 2 aromatic rings. The lowest BCUT2D eigenvalue weighted by molar-refractivity contribution is -0.122. The van der Waals surface area contributed by atoms with Crippen LogP contribution in [-0.4, -0.2) is 12.0 Å². The highest BCUT2D eigenvalue weighted by Gasteiger charge is 2.14. The predicted molar refractivity (Wildman–Crippen MR) is 83.7 cm³/mol. The van der Waals surface area contributed by atoms with E-state index in [1.54, 1.807) is 43.3 Å². The minimum Gasteiger partial charge on any atom is -0.481 e. The summed E-state index contributed by atoms with van der Waals surface area (Å²) >= 11 is 3.34. The van der Waals surface area contributed by atoms with E-state index in [0.717, 1.165) is 4.47 Å². The van der Waals surface area contributed by atoms with Crippen LogP contribution in [-0.2, 0) is 4.79 Å². The van der Waals surface area contributed by atoms with Gasteiger partial charge in [-0.2, -0.15) is 0 Å². The lowest BCUT2D eigenvalue weighted by Crippen LogP contribution is -2.30. The molecule has 0 aliphatic heterocycles. The first kappa shape index (κ1) is 14.4. The van der Waals surface area contributed by atoms with Gasteiger partial charge in [0.2, 0.25) is 0 Å². The fraction of sp³-hybridized carbons (Fsp3) is 0.133. The van der Waals surface area contributed by atoms with Crippen molar-refractivity contribution in [3.05, 3.63) is 53.0 Å². The maximum absolute atomic E-state index is 12.0. The number of carbonyl (C=O) groups excluding carboxylic acids is 1. The molecule has 0 aliphatic rings. The van der Waals surface area contributed by atoms with Crippen LogP contribution >= 0.6 is 15.9 Å². The van der Waals surface area contributed by atoms with Crippen LogP contribution in [0.3, 0.4) is 0 Å². The first-order chi connectivity index (χ1) is 9.54. The summed E-state index contributed by atoms with van der Waals surface area (Å²) < 4.78 is 6.53. The van der Waals surface area contributed by atoms with Crippen molar-refractivity contribution in [3.8, 4) is 5.75 Å². The molecule has 20 heavy (non-hydrogen) atoms. The standard InChI is InChI=1S/C15H15BrN2O2/c1-10(20-14-7-5-11(16)6-8-14)15(19)18-13-4-2-3-12(17)9-13/h2-10H,17H2,1H3,(H,18,19). The molecule has 1 atom stereocenters. The number of halogens is 1. The van der Waals surface area contributed by atoms with Gasteiger partial charge in [-0.15, -0.1) is 0 Å². The van der Waals surface area contributed by atoms with Crippen molar-refractivity contribution in [2.45, 2.75) is 13.0 Å². The summed E-state index contributed by atoms with van der Waals surface area (Å²) in [5, 5.41) is 2.76. The molecule has 0 spiro atoms. The van der Waals surface area contributed by atoms with Crippen molar-refractivity contribution in [1.82, 2.24) is 0 Å². The van der Waals surface area contributed by atoms with E-state index in [-0.39, 0.29) is 5.91 Å². The number of hydrogen-bond acceptors (Lipinski definition) is 3. The van der Waals surface area contributed by atoms with E-state index in [1.807, 2.05) is 12.1 Å². The number of nitrogen functional groups attached to an aromatic ring is 1. The molecule has 0 bridgehead atoms. The lowest BCUT2D eigenvalue weighted by Gasteiger charge is -2.15. The Morgan fingerprint density at radius 3 is 2.60 bits per heavy atom. The van der Waals surface area contributed by atoms with Gasteiger partial charge < -0.3 is 15.8 Å². The number of ether oxygens (including phenoxy) is 1. The van der Waals surface area contributed by atoms with Gasteiger partial charge in [0.1, 0.15) is 5.75 Å². The second-order valence-electron chi connectivity index (χ2n) is 4.33. The number of hydrogen-bond donors (Lipinski definition) is 2. The first-order valence-electron chi connectivity index (χ1n) is 6.13. The van der Waals surface area contributed by atoms with Crippen molar-refractivity contribution in [2.24, 2.45) is 0 Å². The van der Waals surface area contributed by atoms with Crippen LogP contribution in [0.5, 0.6) is 5.75 Å². The van der Waals surface area contributed by atoms with Gasteiger partial charge in [0, 0.05) is 15.8 Å². The van der Waals surface area contributed by atoms with Gasteiger partial charge in [0.15, 0.2) is 6.10 Å². The third-order valence-corrected chi connectivity index (χ3v) is 3.18. The highest BCUT2D eigenvalue weighted by Crippen LogP contribution is 2.18. The van der Waals surface area contributed by atoms with Crippen LogP contribution in [0.1, 0.15) is 6.92 Å². The maximum Gasteiger partial charge on any atom is 0.265 e. The van der Waals surface area contributed by atoms with E-state index < -0.39 is 6.10 Å². The fourth-order valence-electron chi connectivity index (χ4n) is 1.63. The van der Waals surface area contributed by atoms with E-state index in [1.165, 1.54) is 0 Å². The van der Waals surface area contributed by atoms with Gasteiger partial charge >= 0.3 is 0 Å². The molecule has 5 heteroatoms. The molecule has 0 saturated heterocycles. The fourth-order valence-corrected chi connectivity index (χ4v) is 1.90. The zero-order valence-corrected chi connectivity index (χ0v) is 12.6. The summed E-state index contributed by atoms with van der Waals surface area (Å²) in [4.78, 5) is 12.0. The summed E-state index contributed by atoms with van der Waals surface area (Å²) in [6.45, 7) is 1.70. The van der Waals surface area contributed by atoms with E-state index in [0.29, 0.717) is 17.1 Å². The van der Waals surface area contributed by atoms with E-state index in [9.17, 15) is 4.79 Å². The smallest absolute Gasteiger partial charge is 0.265 e. The van der Waals surface area contributed by atoms with Crippen molar-refractivity contribution in [1.29, 1.82) is 0 Å². The van der Waals surface area contributed by atoms with E-state index in [2.05, 4.69) is 21.2 Å². The maximum atomic E-state index is 12.0. The van der Waals surface area contributed by atoms with Gasteiger partial charge in [-0.3, -0.25) is 4.79 Å². The molecule has 0 saturated carbocycles. The summed E-state index contributed by atoms with van der Waals surface area (Å²) in [7, 11) is 0. The monoisotopic (exact) mass is 334 g/mol. The molecule has 0 radical (unpaired) electrons. The highest BCUT2D eigenvalue weighted by molar-refractivity contribution is 9.10. The molecular formula is C15H15BrN2O2. The molecule has 0 heterocycles. The van der Waals surface area contributed by atoms with Crippen molar-refractivity contribution in [3.63, 3.8) is 0 Å². The van der Waals surface area contributed by atoms with Gasteiger partial charge in [-0.25, -0.2) is 0 Å². The molecule has 2 rings (SSSR count). The average Bonchev–Trinajstić information content (AvgIpc) is 2.41. The Hall–Kier alpha value is -2.01. The molecule has 2 aromatic carbocycles. The zero-order valence-electron chi connectivity index (χ0n) is 11.0. The first-order valence-corrected chi connectivity index (χ1v) is 6.92. The Bertz CT molecular complexity index is 599. The second-order valence-corrected chi connectivity index (χ2v) is 5.24. The number of anilines is 2. The molecular weight excluding hydrogens is 320 g/mol. The van der Waals surface area contributed by atoms with Crippen molar-refractivity contribution >= 4 is 33.2 Å². The van der Waals surface area contributed by atoms with Gasteiger partial charge in [-0.05, 0) is 49.4 Å². The molecule has 1 amide bonds. The molecule has 0 aromatic heterocycles. The Morgan fingerprint density at radius 1 is 1.25 bits per heavy atom. The summed E-state index contributed by atoms with van der Waals surface area (Å²) in [5.74, 6) is 0.418. The van der Waals surface area contributed by atoms with Crippen LogP contribution in [0.4, 0.5) is 11.4 Å². The molecule has 0 fully saturated rings. The topological polar surface area (TPSA) is 64.3 Å². The van der Waals surface area contributed by atoms with Gasteiger partial charge in [0.25, 0.3) is 5.91 Å². The number of amides is 1. The lowest BCUT2D eigenvalue weighted by atomic mass is 10.2. The van der Waals surface area contributed by atoms with Crippen LogP contribution in [0, 0.1) is 0 Å². The van der Waals surface area contributed by atoms with Gasteiger partial charge in [-0.1, -0.05) is 22.0 Å². The van der Waals surface area contributed by atoms with Crippen LogP contribution < -0.4 is 15.8 Å². The number of carbonyl (C=O) groups is 1. The Kier molecular flexibility index (Phi) is 4.63. The molecule has 104 valence electrons. The van der Waals surface area contributed by atoms with Gasteiger partial charge in [0.05, 0.1) is 0 Å². The Morgan fingerprint density at radius 2 is 1.95 bits per heavy atom. The van der Waals surface area contributed by atoms with E-state index >= 15 is 0 Å². The quantitative estimate of drug-likeness (QED) is 0.842. The molecule has 4 nitrogen and oxygen atoms in total. The summed E-state index contributed by atoms with van der Waals surface area (Å²) in [5.41, 5.74) is 6.92. The number of nitrogens with two attached hydrogens (primary N) is 1. The van der Waals surface area contributed by atoms with Crippen LogP contribution in [0.15, 0.2) is 53.0 Å². The number of nitrogens with one attached hydrogen (secondary N) is 1. The Balaban J connectivity index is 1.96. The molecule has 0 aliphatic carbocycles. The third kappa shape index (κ3) is 3.99. The average molecular weight is 335 g/mol. The zero-order chi connectivity index (χ0) is 14.5. The minimum atomic E-state index is -0.599. The van der Waals surface area contributed by atoms with Crippen molar-refractivity contribution in [2.75, 3.05) is 11.1 Å². The number of benzene rings is 2. The molecule has 1 unspecified atom stereocenters. The normalized spacial score (nSPS) is 11.7. The predicted octanol–water partition coefficient (Wildman–Crippen LogP) is 3.44. The minimum absolute atomic E-state index is 0.224. The SMILES string of the molecule is CC(Oc1ccc(Br)cc1)C(=O)Nc1cccc(N)c1. The van der Waals surface area contributed by atoms with Crippen LogP contribution in [0.25, 0.3) is 0 Å². The second kappa shape index (κ2) is 6.43. The third-order valence-electron chi connectivity index (χ3n) is 2.65. The number of rotatable bonds is 4. The Labute approximate surface area is 126 Å². The summed E-state index contributed by atoms with van der Waals surface area (Å²) in [6, 6.07) is 14.3. The van der Waals surface area contributed by atoms with Crippen LogP contribution in [0.2, 0.25) is 0 Å². The van der Waals surface area contributed by atoms with E-state index in [4.69, 9.17) is 10.5 Å².